The van der Waals surface area contributed by atoms with Crippen molar-refractivity contribution in [1.29, 1.82) is 0 Å². The molecule has 1 N–H and O–H groups in total. The summed E-state index contributed by atoms with van der Waals surface area (Å²) in [5, 5.41) is 4.23. The number of furan rings is 1. The van der Waals surface area contributed by atoms with Crippen LogP contribution in [0.3, 0.4) is 0 Å². The van der Waals surface area contributed by atoms with Crippen LogP contribution >= 0.6 is 11.8 Å². The molecular formula is C21H27NO4S. The molecule has 2 aromatic rings. The number of para-hydroxylation sites is 1. The zero-order valence-corrected chi connectivity index (χ0v) is 16.8. The molecule has 1 fully saturated rings. The third-order valence-electron chi connectivity index (χ3n) is 4.90. The fourth-order valence-corrected chi connectivity index (χ4v) is 4.78. The molecule has 6 heteroatoms. The SMILES string of the molecule is CCNC(=O)[C@@H](C)OC(=O)c1oc2ccccc2c1CSC1CCCCC1. The molecule has 1 aliphatic rings. The highest BCUT2D eigenvalue weighted by atomic mass is 32.2. The van der Waals surface area contributed by atoms with Crippen molar-refractivity contribution < 1.29 is 18.7 Å². The molecule has 1 atom stereocenters. The van der Waals surface area contributed by atoms with Gasteiger partial charge in [0.05, 0.1) is 0 Å². The Morgan fingerprint density at radius 1 is 1.26 bits per heavy atom. The number of nitrogens with one attached hydrogen (secondary N) is 1. The number of fused-ring (bicyclic) bond motifs is 1. The summed E-state index contributed by atoms with van der Waals surface area (Å²) in [7, 11) is 0. The van der Waals surface area contributed by atoms with Gasteiger partial charge in [0.2, 0.25) is 5.76 Å². The molecule has 5 nitrogen and oxygen atoms in total. The van der Waals surface area contributed by atoms with Crippen molar-refractivity contribution in [2.75, 3.05) is 6.54 Å². The topological polar surface area (TPSA) is 68.5 Å². The van der Waals surface area contributed by atoms with Gasteiger partial charge in [-0.3, -0.25) is 4.79 Å². The van der Waals surface area contributed by atoms with Crippen molar-refractivity contribution >= 4 is 34.6 Å². The minimum atomic E-state index is -0.857. The van der Waals surface area contributed by atoms with Crippen LogP contribution in [0.25, 0.3) is 11.0 Å². The number of hydrogen-bond acceptors (Lipinski definition) is 5. The number of hydrogen-bond donors (Lipinski definition) is 1. The van der Waals surface area contributed by atoms with E-state index in [0.717, 1.165) is 10.9 Å². The van der Waals surface area contributed by atoms with Crippen molar-refractivity contribution in [1.82, 2.24) is 5.32 Å². The Morgan fingerprint density at radius 2 is 2.00 bits per heavy atom. The molecule has 0 spiro atoms. The van der Waals surface area contributed by atoms with Gasteiger partial charge >= 0.3 is 5.97 Å². The van der Waals surface area contributed by atoms with E-state index in [9.17, 15) is 9.59 Å². The molecule has 0 saturated heterocycles. The first kappa shape index (κ1) is 19.8. The van der Waals surface area contributed by atoms with E-state index in [2.05, 4.69) is 5.32 Å². The van der Waals surface area contributed by atoms with Crippen molar-refractivity contribution in [3.05, 3.63) is 35.6 Å². The van der Waals surface area contributed by atoms with Crippen LogP contribution in [0, 0.1) is 0 Å². The van der Waals surface area contributed by atoms with Gasteiger partial charge in [-0.1, -0.05) is 37.5 Å². The molecule has 0 unspecified atom stereocenters. The van der Waals surface area contributed by atoms with Crippen LogP contribution < -0.4 is 5.32 Å². The number of likely N-dealkylation sites (N-methyl/N-ethyl adjacent to an activating group) is 1. The van der Waals surface area contributed by atoms with Crippen molar-refractivity contribution in [2.24, 2.45) is 0 Å². The maximum Gasteiger partial charge on any atom is 0.375 e. The molecule has 0 bridgehead atoms. The Kier molecular flexibility index (Phi) is 6.83. The largest absolute Gasteiger partial charge is 0.449 e. The van der Waals surface area contributed by atoms with Gasteiger partial charge in [-0.2, -0.15) is 11.8 Å². The molecule has 1 aromatic carbocycles. The first-order valence-electron chi connectivity index (χ1n) is 9.70. The highest BCUT2D eigenvalue weighted by Crippen LogP contribution is 2.35. The number of benzene rings is 1. The van der Waals surface area contributed by atoms with E-state index < -0.39 is 12.1 Å². The molecule has 146 valence electrons. The number of carbonyl (C=O) groups excluding carboxylic acids is 2. The molecule has 1 amide bonds. The molecule has 1 heterocycles. The van der Waals surface area contributed by atoms with Gasteiger partial charge in [-0.25, -0.2) is 4.79 Å². The van der Waals surface area contributed by atoms with Gasteiger partial charge < -0.3 is 14.5 Å². The third-order valence-corrected chi connectivity index (χ3v) is 6.30. The van der Waals surface area contributed by atoms with Gasteiger partial charge in [0, 0.05) is 28.5 Å². The number of carbonyl (C=O) groups is 2. The molecule has 0 radical (unpaired) electrons. The van der Waals surface area contributed by atoms with Gasteiger partial charge in [0.25, 0.3) is 5.91 Å². The summed E-state index contributed by atoms with van der Waals surface area (Å²) < 4.78 is 11.2. The van der Waals surface area contributed by atoms with E-state index in [1.54, 1.807) is 6.92 Å². The Balaban J connectivity index is 1.78. The average molecular weight is 390 g/mol. The van der Waals surface area contributed by atoms with E-state index >= 15 is 0 Å². The zero-order valence-electron chi connectivity index (χ0n) is 16.0. The van der Waals surface area contributed by atoms with Gasteiger partial charge in [-0.15, -0.1) is 0 Å². The van der Waals surface area contributed by atoms with Crippen LogP contribution in [0.15, 0.2) is 28.7 Å². The van der Waals surface area contributed by atoms with Crippen LogP contribution in [0.4, 0.5) is 0 Å². The van der Waals surface area contributed by atoms with E-state index in [1.165, 1.54) is 32.1 Å². The number of amides is 1. The Bertz CT molecular complexity index is 795. The van der Waals surface area contributed by atoms with E-state index in [0.29, 0.717) is 23.1 Å². The van der Waals surface area contributed by atoms with Gasteiger partial charge in [0.1, 0.15) is 5.58 Å². The molecule has 1 saturated carbocycles. The van der Waals surface area contributed by atoms with Crippen molar-refractivity contribution in [2.45, 2.75) is 63.1 Å². The highest BCUT2D eigenvalue weighted by molar-refractivity contribution is 7.99. The van der Waals surface area contributed by atoms with Crippen LogP contribution in [-0.4, -0.2) is 29.8 Å². The van der Waals surface area contributed by atoms with E-state index in [1.807, 2.05) is 43.0 Å². The van der Waals surface area contributed by atoms with Gasteiger partial charge in [0.15, 0.2) is 6.10 Å². The first-order valence-corrected chi connectivity index (χ1v) is 10.8. The molecule has 0 aliphatic heterocycles. The quantitative estimate of drug-likeness (QED) is 0.696. The summed E-state index contributed by atoms with van der Waals surface area (Å²) >= 11 is 1.89. The Hall–Kier alpha value is -1.95. The lowest BCUT2D eigenvalue weighted by Gasteiger charge is -2.20. The molecule has 3 rings (SSSR count). The molecule has 1 aromatic heterocycles. The average Bonchev–Trinajstić information content (AvgIpc) is 3.06. The number of rotatable bonds is 7. The van der Waals surface area contributed by atoms with E-state index in [-0.39, 0.29) is 11.7 Å². The number of thioether (sulfide) groups is 1. The van der Waals surface area contributed by atoms with Crippen LogP contribution in [0.2, 0.25) is 0 Å². The predicted molar refractivity (Wildman–Crippen MR) is 108 cm³/mol. The number of esters is 1. The van der Waals surface area contributed by atoms with Crippen molar-refractivity contribution in [3.63, 3.8) is 0 Å². The zero-order chi connectivity index (χ0) is 19.2. The fraction of sp³-hybridized carbons (Fsp3) is 0.524. The minimum Gasteiger partial charge on any atom is -0.449 e. The summed E-state index contributed by atoms with van der Waals surface area (Å²) in [5.74, 6) is 0.0433. The molecule has 27 heavy (non-hydrogen) atoms. The summed E-state index contributed by atoms with van der Waals surface area (Å²) in [6.07, 6.45) is 5.49. The summed E-state index contributed by atoms with van der Waals surface area (Å²) in [5.41, 5.74) is 1.55. The lowest BCUT2D eigenvalue weighted by molar-refractivity contribution is -0.129. The maximum atomic E-state index is 12.7. The number of ether oxygens (including phenoxy) is 1. The smallest absolute Gasteiger partial charge is 0.375 e. The normalized spacial score (nSPS) is 16.2. The highest BCUT2D eigenvalue weighted by Gasteiger charge is 2.26. The lowest BCUT2D eigenvalue weighted by atomic mass is 10.0. The Morgan fingerprint density at radius 3 is 2.74 bits per heavy atom. The first-order chi connectivity index (χ1) is 13.1. The summed E-state index contributed by atoms with van der Waals surface area (Å²) in [6, 6.07) is 7.66. The Labute approximate surface area is 164 Å². The second kappa shape index (κ2) is 9.31. The standard InChI is InChI=1S/C21H27NO4S/c1-3-22-20(23)14(2)25-21(24)19-17(13-27-15-9-5-4-6-10-15)16-11-7-8-12-18(16)26-19/h7-8,11-12,14-15H,3-6,9-10,13H2,1-2H3,(H,22,23)/t14-/m1/s1. The molecular weight excluding hydrogens is 362 g/mol. The van der Waals surface area contributed by atoms with Crippen molar-refractivity contribution in [3.8, 4) is 0 Å². The van der Waals surface area contributed by atoms with Crippen LogP contribution in [0.1, 0.15) is 62.1 Å². The minimum absolute atomic E-state index is 0.218. The predicted octanol–water partition coefficient (Wildman–Crippen LogP) is 4.68. The monoisotopic (exact) mass is 389 g/mol. The van der Waals surface area contributed by atoms with Gasteiger partial charge in [-0.05, 0) is 32.8 Å². The second-order valence-electron chi connectivity index (χ2n) is 6.92. The second-order valence-corrected chi connectivity index (χ2v) is 8.21. The maximum absolute atomic E-state index is 12.7. The fourth-order valence-electron chi connectivity index (χ4n) is 3.43. The van der Waals surface area contributed by atoms with E-state index in [4.69, 9.17) is 9.15 Å². The summed E-state index contributed by atoms with van der Waals surface area (Å²) in [6.45, 7) is 3.89. The molecule has 1 aliphatic carbocycles. The van der Waals surface area contributed by atoms with Crippen LogP contribution in [-0.2, 0) is 15.3 Å². The third kappa shape index (κ3) is 4.86. The lowest BCUT2D eigenvalue weighted by Crippen LogP contribution is -2.35. The van der Waals surface area contributed by atoms with Crippen LogP contribution in [0.5, 0.6) is 0 Å². The summed E-state index contributed by atoms with van der Waals surface area (Å²) in [4.78, 5) is 24.6.